The molecular weight excluding hydrogens is 360 g/mol. The molecule has 29 heavy (non-hydrogen) atoms. The van der Waals surface area contributed by atoms with Gasteiger partial charge in [-0.05, 0) is 54.1 Å². The molecule has 1 atom stereocenters. The number of hydrogen-bond donors (Lipinski definition) is 2. The molecule has 1 aliphatic heterocycles. The average molecular weight is 380 g/mol. The number of H-pyrrole nitrogens is 1. The number of carbonyl (C=O) groups excluding carboxylic acids is 1. The molecule has 0 bridgehead atoms. The first-order valence-electron chi connectivity index (χ1n) is 9.77. The molecule has 2 aromatic carbocycles. The summed E-state index contributed by atoms with van der Waals surface area (Å²) in [5.74, 6) is 0.0833. The fourth-order valence-electron chi connectivity index (χ4n) is 4.54. The van der Waals surface area contributed by atoms with Crippen molar-refractivity contribution in [2.45, 2.75) is 25.2 Å². The summed E-state index contributed by atoms with van der Waals surface area (Å²) in [4.78, 5) is 18.2. The van der Waals surface area contributed by atoms with Crippen LogP contribution >= 0.6 is 0 Å². The van der Waals surface area contributed by atoms with Gasteiger partial charge in [-0.25, -0.2) is 0 Å². The van der Waals surface area contributed by atoms with Gasteiger partial charge in [0.15, 0.2) is 5.78 Å². The molecule has 2 aliphatic rings. The van der Waals surface area contributed by atoms with Crippen LogP contribution in [0.25, 0.3) is 10.9 Å². The number of fused-ring (bicyclic) bond motifs is 1. The van der Waals surface area contributed by atoms with Gasteiger partial charge in [-0.2, -0.15) is 5.26 Å². The first-order valence-corrected chi connectivity index (χ1v) is 9.77. The number of para-hydroxylation sites is 1. The number of nitrogens with one attached hydrogen (secondary N) is 1. The zero-order valence-corrected chi connectivity index (χ0v) is 15.9. The highest BCUT2D eigenvalue weighted by atomic mass is 16.1. The molecule has 0 saturated heterocycles. The number of aromatic nitrogens is 1. The molecule has 0 fully saturated rings. The van der Waals surface area contributed by atoms with Gasteiger partial charge in [0.2, 0.25) is 0 Å². The van der Waals surface area contributed by atoms with Gasteiger partial charge in [0.25, 0.3) is 0 Å². The third-order valence-corrected chi connectivity index (χ3v) is 5.84. The maximum atomic E-state index is 13.1. The topological polar surface area (TPSA) is 85.9 Å². The fourth-order valence-corrected chi connectivity index (χ4v) is 4.54. The van der Waals surface area contributed by atoms with Crippen LogP contribution in [-0.2, 0) is 4.79 Å². The molecule has 2 heterocycles. The van der Waals surface area contributed by atoms with Gasteiger partial charge in [-0.3, -0.25) is 9.69 Å². The van der Waals surface area contributed by atoms with Gasteiger partial charge in [-0.1, -0.05) is 24.3 Å². The van der Waals surface area contributed by atoms with E-state index in [0.717, 1.165) is 40.7 Å². The number of nitrogens with two attached hydrogens (primary N) is 1. The summed E-state index contributed by atoms with van der Waals surface area (Å²) in [6.45, 7) is 0. The van der Waals surface area contributed by atoms with Gasteiger partial charge >= 0.3 is 0 Å². The van der Waals surface area contributed by atoms with Crippen LogP contribution in [0.15, 0.2) is 83.5 Å². The summed E-state index contributed by atoms with van der Waals surface area (Å²) < 4.78 is 0. The number of anilines is 1. The Hall–Kier alpha value is -3.78. The maximum absolute atomic E-state index is 13.1. The highest BCUT2D eigenvalue weighted by molar-refractivity contribution is 6.01. The predicted molar refractivity (Wildman–Crippen MR) is 113 cm³/mol. The summed E-state index contributed by atoms with van der Waals surface area (Å²) >= 11 is 0. The number of carbonyl (C=O) groups is 1. The van der Waals surface area contributed by atoms with E-state index < -0.39 is 5.92 Å². The number of nitriles is 1. The third-order valence-electron chi connectivity index (χ3n) is 5.84. The lowest BCUT2D eigenvalue weighted by Crippen LogP contribution is -2.38. The van der Waals surface area contributed by atoms with E-state index in [1.165, 1.54) is 0 Å². The van der Waals surface area contributed by atoms with E-state index in [1.54, 1.807) is 0 Å². The van der Waals surface area contributed by atoms with Crippen LogP contribution in [0.5, 0.6) is 0 Å². The Morgan fingerprint density at radius 3 is 2.72 bits per heavy atom. The number of benzene rings is 2. The van der Waals surface area contributed by atoms with E-state index in [9.17, 15) is 10.1 Å². The van der Waals surface area contributed by atoms with Gasteiger partial charge < -0.3 is 10.7 Å². The Morgan fingerprint density at radius 1 is 1.10 bits per heavy atom. The van der Waals surface area contributed by atoms with Gasteiger partial charge in [0.05, 0.1) is 17.6 Å². The lowest BCUT2D eigenvalue weighted by Gasteiger charge is -2.39. The van der Waals surface area contributed by atoms with Crippen LogP contribution in [0.3, 0.4) is 0 Å². The second-order valence-electron chi connectivity index (χ2n) is 7.48. The lowest BCUT2D eigenvalue weighted by molar-refractivity contribution is -0.116. The quantitative estimate of drug-likeness (QED) is 0.687. The number of hydrogen-bond acceptors (Lipinski definition) is 4. The first-order chi connectivity index (χ1) is 14.2. The van der Waals surface area contributed by atoms with E-state index in [4.69, 9.17) is 5.73 Å². The van der Waals surface area contributed by atoms with Crippen molar-refractivity contribution in [3.05, 3.63) is 89.0 Å². The van der Waals surface area contributed by atoms with Crippen LogP contribution in [0.2, 0.25) is 0 Å². The van der Waals surface area contributed by atoms with Crippen molar-refractivity contribution >= 4 is 22.4 Å². The molecule has 1 aromatic heterocycles. The van der Waals surface area contributed by atoms with E-state index >= 15 is 0 Å². The van der Waals surface area contributed by atoms with E-state index in [1.807, 2.05) is 65.7 Å². The van der Waals surface area contributed by atoms with Crippen LogP contribution in [0.4, 0.5) is 5.69 Å². The predicted octanol–water partition coefficient (Wildman–Crippen LogP) is 4.47. The largest absolute Gasteiger partial charge is 0.384 e. The highest BCUT2D eigenvalue weighted by Crippen LogP contribution is 2.46. The van der Waals surface area contributed by atoms with Crippen molar-refractivity contribution in [2.75, 3.05) is 4.90 Å². The lowest BCUT2D eigenvalue weighted by atomic mass is 9.75. The minimum atomic E-state index is -0.429. The van der Waals surface area contributed by atoms with E-state index in [0.29, 0.717) is 23.4 Å². The second kappa shape index (κ2) is 6.68. The van der Waals surface area contributed by atoms with E-state index in [-0.39, 0.29) is 5.78 Å². The maximum Gasteiger partial charge on any atom is 0.161 e. The summed E-state index contributed by atoms with van der Waals surface area (Å²) in [6.07, 6.45) is 3.94. The minimum absolute atomic E-state index is 0.103. The molecule has 3 N–H and O–H groups in total. The molecule has 0 radical (unpaired) electrons. The van der Waals surface area contributed by atoms with Crippen molar-refractivity contribution in [1.29, 1.82) is 5.26 Å². The van der Waals surface area contributed by atoms with Crippen molar-refractivity contribution in [2.24, 2.45) is 5.73 Å². The SMILES string of the molecule is N#CC1=C(N)N(c2ccccc2)C2=C(C(=O)CCC2)[C@H]1c1ccc2[nH]ccc2c1. The van der Waals surface area contributed by atoms with Crippen molar-refractivity contribution in [3.8, 4) is 6.07 Å². The molecule has 0 unspecified atom stereocenters. The zero-order chi connectivity index (χ0) is 20.0. The summed E-state index contributed by atoms with van der Waals surface area (Å²) in [7, 11) is 0. The Morgan fingerprint density at radius 2 is 1.93 bits per heavy atom. The fraction of sp³-hybridized carbons (Fsp3) is 0.167. The number of ketones is 1. The van der Waals surface area contributed by atoms with Gasteiger partial charge in [0.1, 0.15) is 5.82 Å². The Kier molecular flexibility index (Phi) is 3.99. The Bertz CT molecular complexity index is 1230. The van der Waals surface area contributed by atoms with Crippen molar-refractivity contribution < 1.29 is 4.79 Å². The molecule has 1 aliphatic carbocycles. The molecule has 3 aromatic rings. The molecule has 0 amide bonds. The molecule has 5 heteroatoms. The standard InChI is InChI=1S/C24H20N4O/c25-14-18-22(16-9-10-19-15(13-16)11-12-27-19)23-20(7-4-8-21(23)29)28(24(18)26)17-5-2-1-3-6-17/h1-3,5-6,9-13,22,27H,4,7-8,26H2/t22-/m0/s1. The molecule has 0 saturated carbocycles. The van der Waals surface area contributed by atoms with Gasteiger partial charge in [-0.15, -0.1) is 0 Å². The summed E-state index contributed by atoms with van der Waals surface area (Å²) in [5.41, 5.74) is 11.4. The number of allylic oxidation sites excluding steroid dienone is 3. The van der Waals surface area contributed by atoms with Crippen LogP contribution < -0.4 is 10.6 Å². The number of rotatable bonds is 2. The first kappa shape index (κ1) is 17.3. The zero-order valence-electron chi connectivity index (χ0n) is 15.9. The normalized spacial score (nSPS) is 19.5. The monoisotopic (exact) mass is 380 g/mol. The van der Waals surface area contributed by atoms with E-state index in [2.05, 4.69) is 11.1 Å². The number of nitrogens with zero attached hydrogens (tertiary/aromatic N) is 2. The second-order valence-corrected chi connectivity index (χ2v) is 7.48. The Balaban J connectivity index is 1.76. The third kappa shape index (κ3) is 2.65. The molecule has 0 spiro atoms. The highest BCUT2D eigenvalue weighted by Gasteiger charge is 2.40. The molecule has 5 nitrogen and oxygen atoms in total. The number of aromatic amines is 1. The van der Waals surface area contributed by atoms with Crippen LogP contribution in [-0.4, -0.2) is 10.8 Å². The Labute approximate surface area is 168 Å². The molecular formula is C24H20N4O. The summed E-state index contributed by atoms with van der Waals surface area (Å²) in [5, 5.41) is 11.1. The molecule has 142 valence electrons. The smallest absolute Gasteiger partial charge is 0.161 e. The average Bonchev–Trinajstić information content (AvgIpc) is 3.21. The van der Waals surface area contributed by atoms with Crippen LogP contribution in [0, 0.1) is 11.3 Å². The number of Topliss-reactive ketones (excluding diaryl/α,β-unsaturated/α-hetero) is 1. The van der Waals surface area contributed by atoms with Gasteiger partial charge in [0, 0.05) is 35.1 Å². The summed E-state index contributed by atoms with van der Waals surface area (Å²) in [6, 6.07) is 20.1. The van der Waals surface area contributed by atoms with Crippen molar-refractivity contribution in [3.63, 3.8) is 0 Å². The minimum Gasteiger partial charge on any atom is -0.384 e. The van der Waals surface area contributed by atoms with Crippen LogP contribution in [0.1, 0.15) is 30.7 Å². The van der Waals surface area contributed by atoms with Crippen molar-refractivity contribution in [1.82, 2.24) is 4.98 Å². The molecule has 5 rings (SSSR count).